The normalized spacial score (nSPS) is 14.8. The molecule has 0 aliphatic heterocycles. The van der Waals surface area contributed by atoms with Crippen LogP contribution >= 0.6 is 0 Å². The fourth-order valence-corrected chi connectivity index (χ4v) is 11.5. The average Bonchev–Trinajstić information content (AvgIpc) is 3.93. The van der Waals surface area contributed by atoms with E-state index in [2.05, 4.69) is 204 Å². The van der Waals surface area contributed by atoms with E-state index < -0.39 is 5.41 Å². The van der Waals surface area contributed by atoms with Crippen LogP contribution < -0.4 is 0 Å². The number of rotatable bonds is 3. The second kappa shape index (κ2) is 12.4. The number of para-hydroxylation sites is 1. The van der Waals surface area contributed by atoms with Crippen LogP contribution in [-0.4, -0.2) is 19.5 Å². The Morgan fingerprint density at radius 1 is 0.339 bits per heavy atom. The van der Waals surface area contributed by atoms with Gasteiger partial charge in [0.2, 0.25) is 5.95 Å². The Morgan fingerprint density at radius 2 is 0.871 bits per heavy atom. The van der Waals surface area contributed by atoms with Crippen LogP contribution in [0.15, 0.2) is 207 Å². The van der Waals surface area contributed by atoms with Crippen molar-refractivity contribution in [2.75, 3.05) is 0 Å². The first-order chi connectivity index (χ1) is 30.8. The second-order valence-corrected chi connectivity index (χ2v) is 16.7. The molecule has 12 aromatic rings. The molecular weight excluding hydrogens is 753 g/mol. The summed E-state index contributed by atoms with van der Waals surface area (Å²) >= 11 is 0. The average molecular weight is 787 g/mol. The van der Waals surface area contributed by atoms with Crippen molar-refractivity contribution >= 4 is 54.1 Å². The van der Waals surface area contributed by atoms with Gasteiger partial charge in [0.05, 0.1) is 16.4 Å². The quantitative estimate of drug-likeness (QED) is 0.168. The van der Waals surface area contributed by atoms with Gasteiger partial charge in [0.1, 0.15) is 12.7 Å². The van der Waals surface area contributed by atoms with Crippen LogP contribution in [0.5, 0.6) is 0 Å². The Bertz CT molecular complexity index is 3820. The molecule has 2 aliphatic rings. The van der Waals surface area contributed by atoms with Crippen molar-refractivity contribution in [3.63, 3.8) is 0 Å². The zero-order valence-electron chi connectivity index (χ0n) is 33.4. The van der Waals surface area contributed by atoms with E-state index in [9.17, 15) is 0 Å². The van der Waals surface area contributed by atoms with E-state index in [1.165, 1.54) is 110 Å². The second-order valence-electron chi connectivity index (χ2n) is 16.7. The number of hydrogen-bond acceptors (Lipinski definition) is 3. The van der Waals surface area contributed by atoms with Crippen LogP contribution in [0.4, 0.5) is 0 Å². The summed E-state index contributed by atoms with van der Waals surface area (Å²) in [6, 6.07) is 72.4. The van der Waals surface area contributed by atoms with Crippen LogP contribution in [0.2, 0.25) is 0 Å². The maximum Gasteiger partial charge on any atom is 0.237 e. The molecule has 2 heterocycles. The van der Waals surface area contributed by atoms with Gasteiger partial charge in [-0.05, 0) is 123 Å². The third kappa shape index (κ3) is 4.27. The largest absolute Gasteiger partial charge is 0.278 e. The van der Waals surface area contributed by atoms with E-state index in [4.69, 9.17) is 9.97 Å². The van der Waals surface area contributed by atoms with E-state index >= 15 is 0 Å². The van der Waals surface area contributed by atoms with Gasteiger partial charge < -0.3 is 0 Å². The highest BCUT2D eigenvalue weighted by atomic mass is 15.2. The molecule has 0 saturated heterocycles. The highest BCUT2D eigenvalue weighted by Crippen LogP contribution is 2.64. The summed E-state index contributed by atoms with van der Waals surface area (Å²) in [5.41, 5.74) is 16.8. The summed E-state index contributed by atoms with van der Waals surface area (Å²) in [6.07, 6.45) is 3.17. The summed E-state index contributed by atoms with van der Waals surface area (Å²) in [4.78, 5) is 13.6. The van der Waals surface area contributed by atoms with E-state index in [0.717, 1.165) is 11.0 Å². The van der Waals surface area contributed by atoms with Gasteiger partial charge in [-0.3, -0.25) is 4.57 Å². The van der Waals surface area contributed by atoms with Gasteiger partial charge in [0.25, 0.3) is 0 Å². The summed E-state index contributed by atoms with van der Waals surface area (Å²) in [7, 11) is 0. The molecule has 286 valence electrons. The standard InChI is InChI=1S/C58H34N4/c1-2-16-37-35(14-1)15-13-24-42(37)56-45-22-5-3-20-43(45)55(44-21-4-6-23-46(44)56)36-28-29-40-38-17-7-10-25-49(38)58(51(40)30-36)50-26-11-8-18-39(50)47-31-48-41-19-9-12-27-53(41)62(54(48)32-52(47)58)57-60-33-59-34-61-57/h1-34H. The SMILES string of the molecule is c1ccc2c(c1)-c1ccc(-c3c4ccccc4c(-c4cccc5ccccc45)c4ccccc34)cc1C21c2ccccc2-c2cc3c4ccccc4n(-c4ncncn4)c3cc21. The van der Waals surface area contributed by atoms with Crippen molar-refractivity contribution in [3.05, 3.63) is 229 Å². The highest BCUT2D eigenvalue weighted by molar-refractivity contribution is 6.24. The molecule has 1 spiro atoms. The molecule has 10 aromatic carbocycles. The first-order valence-electron chi connectivity index (χ1n) is 21.3. The summed E-state index contributed by atoms with van der Waals surface area (Å²) in [5.74, 6) is 0.607. The molecule has 0 N–H and O–H groups in total. The predicted octanol–water partition coefficient (Wildman–Crippen LogP) is 14.1. The Morgan fingerprint density at radius 3 is 1.60 bits per heavy atom. The van der Waals surface area contributed by atoms with Crippen molar-refractivity contribution in [1.29, 1.82) is 0 Å². The topological polar surface area (TPSA) is 43.6 Å². The first-order valence-corrected chi connectivity index (χ1v) is 21.3. The summed E-state index contributed by atoms with van der Waals surface area (Å²) in [5, 5.41) is 9.85. The number of aromatic nitrogens is 4. The molecule has 1 atom stereocenters. The van der Waals surface area contributed by atoms with Crippen molar-refractivity contribution in [2.45, 2.75) is 5.41 Å². The van der Waals surface area contributed by atoms with Crippen molar-refractivity contribution in [1.82, 2.24) is 19.5 Å². The fraction of sp³-hybridized carbons (Fsp3) is 0.0172. The van der Waals surface area contributed by atoms with Crippen molar-refractivity contribution in [3.8, 4) is 50.5 Å². The molecule has 14 rings (SSSR count). The van der Waals surface area contributed by atoms with Crippen LogP contribution in [0.25, 0.3) is 105 Å². The molecule has 0 fully saturated rings. The monoisotopic (exact) mass is 786 g/mol. The van der Waals surface area contributed by atoms with Gasteiger partial charge in [0, 0.05) is 10.8 Å². The van der Waals surface area contributed by atoms with Gasteiger partial charge in [0.15, 0.2) is 0 Å². The summed E-state index contributed by atoms with van der Waals surface area (Å²) in [6.45, 7) is 0. The first kappa shape index (κ1) is 33.6. The van der Waals surface area contributed by atoms with Gasteiger partial charge in [-0.1, -0.05) is 170 Å². The number of fused-ring (bicyclic) bond motifs is 16. The Labute approximate surface area is 357 Å². The number of nitrogens with zero attached hydrogens (tertiary/aromatic N) is 4. The molecule has 2 aromatic heterocycles. The number of hydrogen-bond donors (Lipinski definition) is 0. The summed E-state index contributed by atoms with van der Waals surface area (Å²) < 4.78 is 2.21. The van der Waals surface area contributed by atoms with Gasteiger partial charge >= 0.3 is 0 Å². The molecule has 2 aliphatic carbocycles. The smallest absolute Gasteiger partial charge is 0.237 e. The Kier molecular flexibility index (Phi) is 6.73. The van der Waals surface area contributed by atoms with Crippen LogP contribution in [-0.2, 0) is 5.41 Å². The molecule has 0 saturated carbocycles. The predicted molar refractivity (Wildman–Crippen MR) is 254 cm³/mol. The minimum absolute atomic E-state index is 0.572. The molecule has 4 nitrogen and oxygen atoms in total. The van der Waals surface area contributed by atoms with E-state index in [-0.39, 0.29) is 0 Å². The Balaban J connectivity index is 1.09. The van der Waals surface area contributed by atoms with E-state index in [1.54, 1.807) is 12.7 Å². The number of benzene rings is 10. The lowest BCUT2D eigenvalue weighted by Gasteiger charge is -2.31. The van der Waals surface area contributed by atoms with Crippen LogP contribution in [0.1, 0.15) is 22.3 Å². The minimum Gasteiger partial charge on any atom is -0.278 e. The maximum absolute atomic E-state index is 4.69. The minimum atomic E-state index is -0.572. The lowest BCUT2D eigenvalue weighted by atomic mass is 9.70. The van der Waals surface area contributed by atoms with E-state index in [1.807, 2.05) is 0 Å². The lowest BCUT2D eigenvalue weighted by molar-refractivity contribution is 0.794. The molecule has 0 bridgehead atoms. The molecule has 1 unspecified atom stereocenters. The van der Waals surface area contributed by atoms with Crippen molar-refractivity contribution < 1.29 is 0 Å². The van der Waals surface area contributed by atoms with Gasteiger partial charge in [-0.15, -0.1) is 0 Å². The highest BCUT2D eigenvalue weighted by Gasteiger charge is 2.52. The van der Waals surface area contributed by atoms with Crippen LogP contribution in [0.3, 0.4) is 0 Å². The maximum atomic E-state index is 4.69. The molecular formula is C58H34N4. The third-order valence-electron chi connectivity index (χ3n) is 13.8. The van der Waals surface area contributed by atoms with Gasteiger partial charge in [-0.2, -0.15) is 0 Å². The molecule has 62 heavy (non-hydrogen) atoms. The third-order valence-corrected chi connectivity index (χ3v) is 13.8. The fourth-order valence-electron chi connectivity index (χ4n) is 11.5. The zero-order valence-corrected chi connectivity index (χ0v) is 33.4. The van der Waals surface area contributed by atoms with Crippen LogP contribution in [0, 0.1) is 0 Å². The van der Waals surface area contributed by atoms with Gasteiger partial charge in [-0.25, -0.2) is 15.0 Å². The molecule has 4 heteroatoms. The molecule has 0 radical (unpaired) electrons. The van der Waals surface area contributed by atoms with Crippen molar-refractivity contribution in [2.24, 2.45) is 0 Å². The zero-order chi connectivity index (χ0) is 40.5. The lowest BCUT2D eigenvalue weighted by Crippen LogP contribution is -2.26. The molecule has 0 amide bonds. The van der Waals surface area contributed by atoms with E-state index in [0.29, 0.717) is 5.95 Å². The Hall–Kier alpha value is -8.21.